The minimum atomic E-state index is -0.390. The van der Waals surface area contributed by atoms with Gasteiger partial charge in [0, 0.05) is 22.6 Å². The molecule has 1 aliphatic heterocycles. The Hall–Kier alpha value is -2.80. The molecule has 144 valence electrons. The first-order chi connectivity index (χ1) is 13.8. The second-order valence-electron chi connectivity index (χ2n) is 6.41. The highest BCUT2D eigenvalue weighted by Gasteiger charge is 2.26. The van der Waals surface area contributed by atoms with Crippen LogP contribution in [0.1, 0.15) is 31.6 Å². The van der Waals surface area contributed by atoms with E-state index in [0.717, 1.165) is 41.2 Å². The number of anilines is 1. The molecule has 1 unspecified atom stereocenters. The highest BCUT2D eigenvalue weighted by Crippen LogP contribution is 2.39. The van der Waals surface area contributed by atoms with Crippen molar-refractivity contribution < 1.29 is 9.47 Å². The van der Waals surface area contributed by atoms with Crippen LogP contribution in [-0.2, 0) is 0 Å². The molecule has 0 bridgehead atoms. The summed E-state index contributed by atoms with van der Waals surface area (Å²) in [5.74, 6) is 2.26. The molecule has 0 saturated heterocycles. The first kappa shape index (κ1) is 18.6. The molecule has 6 nitrogen and oxygen atoms in total. The van der Waals surface area contributed by atoms with Crippen LogP contribution >= 0.6 is 11.8 Å². The standard InChI is InChI=1S/C21H22N4O2S/c1-3-4-13-28-21-23-20-18(24-25-21)16-7-5-6-8-17(16)22-19(27-20)14-9-11-15(26-2)12-10-14/h5-12,19,22H,3-4,13H2,1-2H3. The number of nitrogens with zero attached hydrogens (tertiary/aromatic N) is 3. The van der Waals surface area contributed by atoms with E-state index in [1.54, 1.807) is 18.9 Å². The van der Waals surface area contributed by atoms with Gasteiger partial charge in [-0.3, -0.25) is 0 Å². The van der Waals surface area contributed by atoms with Crippen LogP contribution in [0.25, 0.3) is 11.3 Å². The fraction of sp³-hybridized carbons (Fsp3) is 0.286. The lowest BCUT2D eigenvalue weighted by molar-refractivity contribution is 0.225. The van der Waals surface area contributed by atoms with E-state index < -0.39 is 6.23 Å². The zero-order valence-corrected chi connectivity index (χ0v) is 16.7. The van der Waals surface area contributed by atoms with E-state index in [4.69, 9.17) is 9.47 Å². The monoisotopic (exact) mass is 394 g/mol. The van der Waals surface area contributed by atoms with Gasteiger partial charge >= 0.3 is 0 Å². The number of hydrogen-bond donors (Lipinski definition) is 1. The number of thioether (sulfide) groups is 1. The molecule has 0 amide bonds. The number of para-hydroxylation sites is 1. The van der Waals surface area contributed by atoms with Crippen molar-refractivity contribution in [1.82, 2.24) is 15.2 Å². The quantitative estimate of drug-likeness (QED) is 0.469. The fourth-order valence-electron chi connectivity index (χ4n) is 2.95. The largest absolute Gasteiger partial charge is 0.497 e. The molecule has 2 aromatic carbocycles. The molecule has 1 aromatic heterocycles. The van der Waals surface area contributed by atoms with Crippen LogP contribution in [0.4, 0.5) is 5.69 Å². The molecule has 4 rings (SSSR count). The average Bonchev–Trinajstić information content (AvgIpc) is 2.90. The molecule has 1 atom stereocenters. The van der Waals surface area contributed by atoms with Crippen molar-refractivity contribution in [2.24, 2.45) is 0 Å². The summed E-state index contributed by atoms with van der Waals surface area (Å²) in [5.41, 5.74) is 3.49. The fourth-order valence-corrected chi connectivity index (χ4v) is 3.81. The SMILES string of the molecule is CCCCSc1nnc2c(n1)OC(c1ccc(OC)cc1)Nc1ccccc1-2. The topological polar surface area (TPSA) is 69.2 Å². The number of hydrogen-bond acceptors (Lipinski definition) is 7. The molecule has 28 heavy (non-hydrogen) atoms. The molecule has 1 aliphatic rings. The molecule has 0 saturated carbocycles. The van der Waals surface area contributed by atoms with Gasteiger partial charge in [0.1, 0.15) is 5.75 Å². The normalized spacial score (nSPS) is 14.9. The second kappa shape index (κ2) is 8.48. The van der Waals surface area contributed by atoms with E-state index in [2.05, 4.69) is 27.4 Å². The third-order valence-electron chi connectivity index (χ3n) is 4.48. The van der Waals surface area contributed by atoms with Gasteiger partial charge in [0.2, 0.25) is 11.0 Å². The van der Waals surface area contributed by atoms with Crippen LogP contribution in [-0.4, -0.2) is 28.0 Å². The summed E-state index contributed by atoms with van der Waals surface area (Å²) in [6, 6.07) is 15.8. The number of methoxy groups -OCH3 is 1. The predicted octanol–water partition coefficient (Wildman–Crippen LogP) is 4.94. The van der Waals surface area contributed by atoms with Crippen LogP contribution in [0, 0.1) is 0 Å². The number of aromatic nitrogens is 3. The van der Waals surface area contributed by atoms with Crippen molar-refractivity contribution in [1.29, 1.82) is 0 Å². The van der Waals surface area contributed by atoms with Crippen molar-refractivity contribution in [2.45, 2.75) is 31.1 Å². The molecule has 0 spiro atoms. The van der Waals surface area contributed by atoms with E-state index in [1.165, 1.54) is 0 Å². The lowest BCUT2D eigenvalue weighted by atomic mass is 10.1. The van der Waals surface area contributed by atoms with Crippen molar-refractivity contribution in [3.8, 4) is 22.9 Å². The Morgan fingerprint density at radius 3 is 2.71 bits per heavy atom. The van der Waals surface area contributed by atoms with E-state index in [0.29, 0.717) is 16.7 Å². The van der Waals surface area contributed by atoms with E-state index in [9.17, 15) is 0 Å². The minimum Gasteiger partial charge on any atom is -0.497 e. The number of ether oxygens (including phenoxy) is 2. The third kappa shape index (κ3) is 3.89. The molecule has 0 aliphatic carbocycles. The third-order valence-corrected chi connectivity index (χ3v) is 5.41. The van der Waals surface area contributed by atoms with Gasteiger partial charge in [-0.05, 0) is 36.8 Å². The number of nitrogens with one attached hydrogen (secondary N) is 1. The van der Waals surface area contributed by atoms with Crippen LogP contribution in [0.3, 0.4) is 0 Å². The zero-order valence-electron chi connectivity index (χ0n) is 15.9. The maximum atomic E-state index is 6.27. The number of rotatable bonds is 6. The Bertz CT molecular complexity index is 949. The summed E-state index contributed by atoms with van der Waals surface area (Å²) in [7, 11) is 1.65. The number of fused-ring (bicyclic) bond motifs is 3. The number of benzene rings is 2. The summed E-state index contributed by atoms with van der Waals surface area (Å²) >= 11 is 1.61. The van der Waals surface area contributed by atoms with Crippen LogP contribution < -0.4 is 14.8 Å². The van der Waals surface area contributed by atoms with Crippen LogP contribution in [0.5, 0.6) is 11.6 Å². The van der Waals surface area contributed by atoms with Gasteiger partial charge in [0.15, 0.2) is 11.9 Å². The maximum absolute atomic E-state index is 6.27. The van der Waals surface area contributed by atoms with Crippen molar-refractivity contribution in [3.63, 3.8) is 0 Å². The minimum absolute atomic E-state index is 0.390. The van der Waals surface area contributed by atoms with E-state index in [1.807, 2.05) is 48.5 Å². The summed E-state index contributed by atoms with van der Waals surface area (Å²) in [5, 5.41) is 12.8. The smallest absolute Gasteiger partial charge is 0.247 e. The van der Waals surface area contributed by atoms with Gasteiger partial charge in [-0.25, -0.2) is 0 Å². The van der Waals surface area contributed by atoms with E-state index in [-0.39, 0.29) is 0 Å². The van der Waals surface area contributed by atoms with E-state index >= 15 is 0 Å². The lowest BCUT2D eigenvalue weighted by Crippen LogP contribution is -2.17. The first-order valence-corrected chi connectivity index (χ1v) is 10.3. The predicted molar refractivity (Wildman–Crippen MR) is 111 cm³/mol. The Morgan fingerprint density at radius 2 is 1.93 bits per heavy atom. The molecule has 1 N–H and O–H groups in total. The highest BCUT2D eigenvalue weighted by molar-refractivity contribution is 7.99. The van der Waals surface area contributed by atoms with Crippen LogP contribution in [0.2, 0.25) is 0 Å². The summed E-state index contributed by atoms with van der Waals surface area (Å²) in [4.78, 5) is 4.66. The van der Waals surface area contributed by atoms with Crippen LogP contribution in [0.15, 0.2) is 53.7 Å². The summed E-state index contributed by atoms with van der Waals surface area (Å²) < 4.78 is 11.5. The van der Waals surface area contributed by atoms with Gasteiger partial charge in [0.05, 0.1) is 7.11 Å². The molecule has 3 aromatic rings. The molecule has 7 heteroatoms. The Kier molecular flexibility index (Phi) is 5.62. The second-order valence-corrected chi connectivity index (χ2v) is 7.47. The van der Waals surface area contributed by atoms with Gasteiger partial charge < -0.3 is 14.8 Å². The summed E-state index contributed by atoms with van der Waals surface area (Å²) in [6.45, 7) is 2.17. The highest BCUT2D eigenvalue weighted by atomic mass is 32.2. The zero-order chi connectivity index (χ0) is 19.3. The Balaban J connectivity index is 1.71. The van der Waals surface area contributed by atoms with Crippen molar-refractivity contribution >= 4 is 17.4 Å². The average molecular weight is 395 g/mol. The van der Waals surface area contributed by atoms with Crippen molar-refractivity contribution in [2.75, 3.05) is 18.2 Å². The van der Waals surface area contributed by atoms with Gasteiger partial charge in [0.25, 0.3) is 0 Å². The molecule has 2 heterocycles. The first-order valence-electron chi connectivity index (χ1n) is 9.32. The maximum Gasteiger partial charge on any atom is 0.247 e. The van der Waals surface area contributed by atoms with Gasteiger partial charge in [-0.2, -0.15) is 4.98 Å². The number of unbranched alkanes of at least 4 members (excludes halogenated alkanes) is 1. The lowest BCUT2D eigenvalue weighted by Gasteiger charge is -2.19. The molecular formula is C21H22N4O2S. The molecule has 0 radical (unpaired) electrons. The Labute approximate surface area is 168 Å². The molecular weight excluding hydrogens is 372 g/mol. The van der Waals surface area contributed by atoms with Gasteiger partial charge in [-0.15, -0.1) is 10.2 Å². The Morgan fingerprint density at radius 1 is 1.11 bits per heavy atom. The van der Waals surface area contributed by atoms with Crippen molar-refractivity contribution in [3.05, 3.63) is 54.1 Å². The molecule has 0 fully saturated rings. The summed E-state index contributed by atoms with van der Waals surface area (Å²) in [6.07, 6.45) is 1.86. The van der Waals surface area contributed by atoms with Gasteiger partial charge in [-0.1, -0.05) is 43.3 Å².